The molecule has 8 nitrogen and oxygen atoms in total. The summed E-state index contributed by atoms with van der Waals surface area (Å²) in [6.07, 6.45) is 0.876. The lowest BCUT2D eigenvalue weighted by Crippen LogP contribution is -2.14. The van der Waals surface area contributed by atoms with Crippen LogP contribution < -0.4 is 20.1 Å². The number of fused-ring (bicyclic) bond motifs is 1. The number of rotatable bonds is 7. The van der Waals surface area contributed by atoms with Gasteiger partial charge in [-0.15, -0.1) is 10.2 Å². The van der Waals surface area contributed by atoms with Gasteiger partial charge in [-0.05, 0) is 36.8 Å². The van der Waals surface area contributed by atoms with Crippen molar-refractivity contribution < 1.29 is 19.0 Å². The van der Waals surface area contributed by atoms with Gasteiger partial charge in [0, 0.05) is 25.8 Å². The van der Waals surface area contributed by atoms with Crippen LogP contribution in [0.15, 0.2) is 30.3 Å². The van der Waals surface area contributed by atoms with Crippen molar-refractivity contribution in [2.45, 2.75) is 6.42 Å². The highest BCUT2D eigenvalue weighted by Gasteiger charge is 2.16. The number of benzene rings is 1. The Morgan fingerprint density at radius 1 is 1.17 bits per heavy atom. The summed E-state index contributed by atoms with van der Waals surface area (Å²) in [6.45, 7) is 1.60. The number of amides is 1. The molecule has 0 unspecified atom stereocenters. The standard InChI is InChI=1S/C16H18N4O4/c1-22-8-2-7-17-14-5-6-15(20-19-14)18-16(21)11-3-4-12-13(9-11)24-10-23-12/h3-6,9H,2,7-8,10H2,1H3,(H,17,19)(H,18,20,21). The Balaban J connectivity index is 1.56. The maximum absolute atomic E-state index is 12.2. The molecule has 8 heteroatoms. The fourth-order valence-corrected chi connectivity index (χ4v) is 2.15. The molecule has 0 fully saturated rings. The Kier molecular flexibility index (Phi) is 5.07. The number of carbonyl (C=O) groups is 1. The Morgan fingerprint density at radius 2 is 1.96 bits per heavy atom. The number of carbonyl (C=O) groups excluding carboxylic acids is 1. The first-order valence-corrected chi connectivity index (χ1v) is 7.54. The van der Waals surface area contributed by atoms with E-state index in [1.807, 2.05) is 0 Å². The minimum Gasteiger partial charge on any atom is -0.454 e. The van der Waals surface area contributed by atoms with Gasteiger partial charge < -0.3 is 24.8 Å². The third kappa shape index (κ3) is 3.90. The molecule has 3 rings (SSSR count). The van der Waals surface area contributed by atoms with E-state index in [0.717, 1.165) is 13.0 Å². The van der Waals surface area contributed by atoms with Crippen molar-refractivity contribution in [2.24, 2.45) is 0 Å². The van der Waals surface area contributed by atoms with Gasteiger partial charge >= 0.3 is 0 Å². The van der Waals surface area contributed by atoms with Gasteiger partial charge in [0.15, 0.2) is 17.3 Å². The molecule has 0 saturated carbocycles. The first-order chi connectivity index (χ1) is 11.8. The number of nitrogens with one attached hydrogen (secondary N) is 2. The van der Waals surface area contributed by atoms with E-state index >= 15 is 0 Å². The summed E-state index contributed by atoms with van der Waals surface area (Å²) in [7, 11) is 1.66. The third-order valence-electron chi connectivity index (χ3n) is 3.37. The van der Waals surface area contributed by atoms with Crippen molar-refractivity contribution in [1.82, 2.24) is 10.2 Å². The maximum atomic E-state index is 12.2. The molecule has 0 radical (unpaired) electrons. The molecule has 1 aliphatic rings. The van der Waals surface area contributed by atoms with E-state index in [1.165, 1.54) is 0 Å². The number of methoxy groups -OCH3 is 1. The van der Waals surface area contributed by atoms with E-state index in [4.69, 9.17) is 14.2 Å². The van der Waals surface area contributed by atoms with Crippen LogP contribution in [0.4, 0.5) is 11.6 Å². The Labute approximate surface area is 139 Å². The van der Waals surface area contributed by atoms with Crippen molar-refractivity contribution in [2.75, 3.05) is 37.7 Å². The molecule has 0 spiro atoms. The second kappa shape index (κ2) is 7.60. The van der Waals surface area contributed by atoms with Gasteiger partial charge in [0.2, 0.25) is 6.79 Å². The maximum Gasteiger partial charge on any atom is 0.257 e. The van der Waals surface area contributed by atoms with Crippen molar-refractivity contribution in [1.29, 1.82) is 0 Å². The molecule has 0 saturated heterocycles. The van der Waals surface area contributed by atoms with E-state index in [-0.39, 0.29) is 12.7 Å². The van der Waals surface area contributed by atoms with Gasteiger partial charge in [-0.3, -0.25) is 4.79 Å². The zero-order valence-corrected chi connectivity index (χ0v) is 13.2. The normalized spacial score (nSPS) is 12.0. The second-order valence-corrected chi connectivity index (χ2v) is 5.10. The van der Waals surface area contributed by atoms with E-state index in [1.54, 1.807) is 37.4 Å². The quantitative estimate of drug-likeness (QED) is 0.749. The molecular formula is C16H18N4O4. The molecule has 24 heavy (non-hydrogen) atoms. The zero-order valence-electron chi connectivity index (χ0n) is 13.2. The summed E-state index contributed by atoms with van der Waals surface area (Å²) in [6, 6.07) is 8.46. The molecule has 2 N–H and O–H groups in total. The van der Waals surface area contributed by atoms with Gasteiger partial charge in [0.25, 0.3) is 5.91 Å². The molecular weight excluding hydrogens is 312 g/mol. The van der Waals surface area contributed by atoms with Crippen molar-refractivity contribution in [3.63, 3.8) is 0 Å². The fourth-order valence-electron chi connectivity index (χ4n) is 2.15. The summed E-state index contributed by atoms with van der Waals surface area (Å²) < 4.78 is 15.5. The number of anilines is 2. The zero-order chi connectivity index (χ0) is 16.8. The number of ether oxygens (including phenoxy) is 3. The van der Waals surface area contributed by atoms with Crippen LogP contribution in [-0.4, -0.2) is 43.2 Å². The highest BCUT2D eigenvalue weighted by molar-refractivity contribution is 6.04. The lowest BCUT2D eigenvalue weighted by Gasteiger charge is -2.07. The molecule has 0 aliphatic carbocycles. The van der Waals surface area contributed by atoms with Crippen molar-refractivity contribution in [3.05, 3.63) is 35.9 Å². The average Bonchev–Trinajstić information content (AvgIpc) is 3.08. The number of hydrogen-bond acceptors (Lipinski definition) is 7. The first kappa shape index (κ1) is 16.0. The van der Waals surface area contributed by atoms with Gasteiger partial charge in [0.05, 0.1) is 0 Å². The number of hydrogen-bond donors (Lipinski definition) is 2. The first-order valence-electron chi connectivity index (χ1n) is 7.54. The Morgan fingerprint density at radius 3 is 2.75 bits per heavy atom. The van der Waals surface area contributed by atoms with Crippen LogP contribution in [0, 0.1) is 0 Å². The third-order valence-corrected chi connectivity index (χ3v) is 3.37. The van der Waals surface area contributed by atoms with Crippen molar-refractivity contribution in [3.8, 4) is 11.5 Å². The van der Waals surface area contributed by atoms with Crippen LogP contribution in [-0.2, 0) is 4.74 Å². The SMILES string of the molecule is COCCCNc1ccc(NC(=O)c2ccc3c(c2)OCO3)nn1. The molecule has 1 amide bonds. The summed E-state index contributed by atoms with van der Waals surface area (Å²) in [4.78, 5) is 12.2. The highest BCUT2D eigenvalue weighted by Crippen LogP contribution is 2.32. The molecule has 2 heterocycles. The lowest BCUT2D eigenvalue weighted by atomic mass is 10.2. The molecule has 1 aliphatic heterocycles. The van der Waals surface area contributed by atoms with E-state index in [2.05, 4.69) is 20.8 Å². The minimum atomic E-state index is -0.289. The summed E-state index contributed by atoms with van der Waals surface area (Å²) in [5.41, 5.74) is 0.461. The highest BCUT2D eigenvalue weighted by atomic mass is 16.7. The number of nitrogens with zero attached hydrogens (tertiary/aromatic N) is 2. The van der Waals surface area contributed by atoms with Crippen LogP contribution in [0.2, 0.25) is 0 Å². The van der Waals surface area contributed by atoms with Gasteiger partial charge in [-0.1, -0.05) is 0 Å². The Bertz CT molecular complexity index is 706. The van der Waals surface area contributed by atoms with Gasteiger partial charge in [-0.2, -0.15) is 0 Å². The topological polar surface area (TPSA) is 94.6 Å². The van der Waals surface area contributed by atoms with Gasteiger partial charge in [0.1, 0.15) is 5.82 Å². The smallest absolute Gasteiger partial charge is 0.257 e. The van der Waals surface area contributed by atoms with E-state index in [0.29, 0.717) is 35.3 Å². The predicted molar refractivity (Wildman–Crippen MR) is 87.5 cm³/mol. The van der Waals surface area contributed by atoms with Crippen LogP contribution in [0.25, 0.3) is 0 Å². The molecule has 1 aromatic carbocycles. The minimum absolute atomic E-state index is 0.171. The predicted octanol–water partition coefficient (Wildman–Crippen LogP) is 1.91. The van der Waals surface area contributed by atoms with Crippen molar-refractivity contribution >= 4 is 17.5 Å². The van der Waals surface area contributed by atoms with Crippen LogP contribution >= 0.6 is 0 Å². The van der Waals surface area contributed by atoms with Crippen LogP contribution in [0.1, 0.15) is 16.8 Å². The summed E-state index contributed by atoms with van der Waals surface area (Å²) in [5, 5.41) is 13.8. The lowest BCUT2D eigenvalue weighted by molar-refractivity contribution is 0.102. The van der Waals surface area contributed by atoms with E-state index in [9.17, 15) is 4.79 Å². The number of aromatic nitrogens is 2. The molecule has 1 aromatic heterocycles. The summed E-state index contributed by atoms with van der Waals surface area (Å²) >= 11 is 0. The fraction of sp³-hybridized carbons (Fsp3) is 0.312. The second-order valence-electron chi connectivity index (χ2n) is 5.10. The summed E-state index contributed by atoms with van der Waals surface area (Å²) in [5.74, 6) is 1.93. The molecule has 0 atom stereocenters. The Hall–Kier alpha value is -2.87. The molecule has 2 aromatic rings. The van der Waals surface area contributed by atoms with Crippen LogP contribution in [0.5, 0.6) is 11.5 Å². The van der Waals surface area contributed by atoms with E-state index < -0.39 is 0 Å². The van der Waals surface area contributed by atoms with Crippen LogP contribution in [0.3, 0.4) is 0 Å². The largest absolute Gasteiger partial charge is 0.454 e. The molecule has 0 bridgehead atoms. The molecule has 126 valence electrons. The monoisotopic (exact) mass is 330 g/mol. The van der Waals surface area contributed by atoms with Gasteiger partial charge in [-0.25, -0.2) is 0 Å². The average molecular weight is 330 g/mol.